The molecule has 0 spiro atoms. The van der Waals surface area contributed by atoms with E-state index in [0.29, 0.717) is 6.54 Å². The summed E-state index contributed by atoms with van der Waals surface area (Å²) >= 11 is 0. The van der Waals surface area contributed by atoms with E-state index in [4.69, 9.17) is 10.2 Å². The average molecular weight is 261 g/mol. The maximum absolute atomic E-state index is 11.4. The molecule has 7 heteroatoms. The number of aliphatic hydroxyl groups is 1. The summed E-state index contributed by atoms with van der Waals surface area (Å²) in [7, 11) is 3.84. The number of amides is 2. The molecule has 0 aliphatic rings. The normalized spacial score (nSPS) is 13.2. The number of nitrogens with zero attached hydrogens (tertiary/aromatic N) is 1. The van der Waals surface area contributed by atoms with Crippen molar-refractivity contribution in [3.05, 3.63) is 0 Å². The van der Waals surface area contributed by atoms with Crippen LogP contribution in [0.25, 0.3) is 0 Å². The van der Waals surface area contributed by atoms with Crippen LogP contribution in [0.3, 0.4) is 0 Å². The molecule has 1 atom stereocenters. The van der Waals surface area contributed by atoms with Crippen molar-refractivity contribution in [1.29, 1.82) is 0 Å². The lowest BCUT2D eigenvalue weighted by molar-refractivity contribution is -0.146. The molecule has 0 aromatic rings. The Morgan fingerprint density at radius 3 is 2.28 bits per heavy atom. The van der Waals surface area contributed by atoms with Crippen LogP contribution in [-0.2, 0) is 4.79 Å². The number of urea groups is 1. The molecule has 0 aliphatic heterocycles. The number of aliphatic hydroxyl groups excluding tert-OH is 1. The predicted octanol–water partition coefficient (Wildman–Crippen LogP) is -0.539. The van der Waals surface area contributed by atoms with Crippen molar-refractivity contribution in [1.82, 2.24) is 15.5 Å². The van der Waals surface area contributed by atoms with Crippen LogP contribution in [0.1, 0.15) is 20.3 Å². The summed E-state index contributed by atoms with van der Waals surface area (Å²) in [5.74, 6) is -1.29. The first kappa shape index (κ1) is 16.7. The maximum Gasteiger partial charge on any atom is 0.332 e. The van der Waals surface area contributed by atoms with Crippen LogP contribution in [0.2, 0.25) is 0 Å². The van der Waals surface area contributed by atoms with Gasteiger partial charge in [-0.25, -0.2) is 9.59 Å². The summed E-state index contributed by atoms with van der Waals surface area (Å²) in [4.78, 5) is 23.7. The lowest BCUT2D eigenvalue weighted by Crippen LogP contribution is -2.50. The van der Waals surface area contributed by atoms with Crippen LogP contribution in [-0.4, -0.2) is 65.9 Å². The van der Waals surface area contributed by atoms with Crippen molar-refractivity contribution in [2.75, 3.05) is 27.2 Å². The number of hydrogen-bond acceptors (Lipinski definition) is 4. The zero-order valence-corrected chi connectivity index (χ0v) is 11.4. The molecular weight excluding hydrogens is 238 g/mol. The topological polar surface area (TPSA) is 102 Å². The Bertz CT molecular complexity index is 292. The summed E-state index contributed by atoms with van der Waals surface area (Å²) in [5.41, 5.74) is -0.169. The van der Waals surface area contributed by atoms with Gasteiger partial charge in [0.1, 0.15) is 0 Å². The van der Waals surface area contributed by atoms with Gasteiger partial charge in [-0.3, -0.25) is 0 Å². The Labute approximate surface area is 107 Å². The molecule has 4 N–H and O–H groups in total. The Morgan fingerprint density at radius 2 is 1.83 bits per heavy atom. The second kappa shape index (κ2) is 7.17. The molecule has 0 radical (unpaired) electrons. The van der Waals surface area contributed by atoms with E-state index < -0.39 is 12.1 Å². The number of rotatable bonds is 7. The van der Waals surface area contributed by atoms with E-state index in [2.05, 4.69) is 10.6 Å². The summed E-state index contributed by atoms with van der Waals surface area (Å²) in [6, 6.07) is -0.373. The summed E-state index contributed by atoms with van der Waals surface area (Å²) in [6.07, 6.45) is -1.46. The van der Waals surface area contributed by atoms with Crippen LogP contribution in [0.15, 0.2) is 0 Å². The van der Waals surface area contributed by atoms with Gasteiger partial charge in [0.2, 0.25) is 0 Å². The van der Waals surface area contributed by atoms with Crippen molar-refractivity contribution in [3.8, 4) is 0 Å². The van der Waals surface area contributed by atoms with Crippen LogP contribution in [0.4, 0.5) is 4.79 Å². The second-order valence-corrected chi connectivity index (χ2v) is 4.96. The highest BCUT2D eigenvalue weighted by Crippen LogP contribution is 2.07. The molecule has 0 saturated heterocycles. The third-order valence-corrected chi connectivity index (χ3v) is 2.88. The Kier molecular flexibility index (Phi) is 6.64. The number of carboxylic acids is 1. The fourth-order valence-electron chi connectivity index (χ4n) is 0.963. The van der Waals surface area contributed by atoms with Gasteiger partial charge in [0.25, 0.3) is 0 Å². The molecule has 0 bridgehead atoms. The van der Waals surface area contributed by atoms with Crippen LogP contribution >= 0.6 is 0 Å². The molecular formula is C11H23N3O4. The largest absolute Gasteiger partial charge is 0.479 e. The molecule has 0 saturated carbocycles. The third-order valence-electron chi connectivity index (χ3n) is 2.88. The molecule has 0 aliphatic carbocycles. The van der Waals surface area contributed by atoms with Crippen molar-refractivity contribution < 1.29 is 19.8 Å². The number of carbonyl (C=O) groups is 2. The molecule has 106 valence electrons. The number of carboxylic acid groups (broad SMARTS) is 1. The monoisotopic (exact) mass is 261 g/mol. The lowest BCUT2D eigenvalue weighted by atomic mass is 10.1. The third kappa shape index (κ3) is 6.41. The van der Waals surface area contributed by atoms with E-state index in [1.807, 2.05) is 32.8 Å². The minimum Gasteiger partial charge on any atom is -0.479 e. The highest BCUT2D eigenvalue weighted by Gasteiger charge is 2.21. The van der Waals surface area contributed by atoms with Crippen molar-refractivity contribution >= 4 is 12.0 Å². The zero-order chi connectivity index (χ0) is 14.3. The quantitative estimate of drug-likeness (QED) is 0.493. The molecule has 0 aromatic heterocycles. The van der Waals surface area contributed by atoms with Gasteiger partial charge in [-0.2, -0.15) is 0 Å². The molecule has 7 nitrogen and oxygen atoms in total. The molecule has 18 heavy (non-hydrogen) atoms. The molecule has 0 aromatic carbocycles. The minimum absolute atomic E-state index is 0.0141. The Morgan fingerprint density at radius 1 is 1.28 bits per heavy atom. The van der Waals surface area contributed by atoms with Crippen molar-refractivity contribution in [2.45, 2.75) is 31.9 Å². The highest BCUT2D eigenvalue weighted by molar-refractivity contribution is 5.74. The summed E-state index contributed by atoms with van der Waals surface area (Å²) in [6.45, 7) is 4.55. The molecule has 1 unspecified atom stereocenters. The summed E-state index contributed by atoms with van der Waals surface area (Å²) < 4.78 is 0. The fourth-order valence-corrected chi connectivity index (χ4v) is 0.963. The summed E-state index contributed by atoms with van der Waals surface area (Å²) in [5, 5.41) is 22.6. The van der Waals surface area contributed by atoms with Gasteiger partial charge in [-0.15, -0.1) is 0 Å². The van der Waals surface area contributed by atoms with Gasteiger partial charge in [0, 0.05) is 25.0 Å². The van der Waals surface area contributed by atoms with E-state index in [1.165, 1.54) is 0 Å². The zero-order valence-electron chi connectivity index (χ0n) is 11.4. The highest BCUT2D eigenvalue weighted by atomic mass is 16.4. The van der Waals surface area contributed by atoms with E-state index in [-0.39, 0.29) is 24.5 Å². The van der Waals surface area contributed by atoms with E-state index in [0.717, 1.165) is 0 Å². The van der Waals surface area contributed by atoms with Crippen LogP contribution in [0.5, 0.6) is 0 Å². The van der Waals surface area contributed by atoms with Gasteiger partial charge in [0.05, 0.1) is 0 Å². The number of nitrogens with one attached hydrogen (secondary N) is 2. The SMILES string of the molecule is CN(C)C(C)(C)CNC(=O)NCCC(O)C(=O)O. The van der Waals surface area contributed by atoms with E-state index in [1.54, 1.807) is 0 Å². The van der Waals surface area contributed by atoms with Crippen LogP contribution < -0.4 is 10.6 Å². The first-order valence-electron chi connectivity index (χ1n) is 5.77. The molecule has 0 heterocycles. The molecule has 2 amide bonds. The first-order valence-corrected chi connectivity index (χ1v) is 5.77. The van der Waals surface area contributed by atoms with Crippen LogP contribution in [0, 0.1) is 0 Å². The number of aliphatic carboxylic acids is 1. The van der Waals surface area contributed by atoms with Crippen molar-refractivity contribution in [3.63, 3.8) is 0 Å². The molecule has 0 fully saturated rings. The lowest BCUT2D eigenvalue weighted by Gasteiger charge is -2.32. The number of carbonyl (C=O) groups excluding carboxylic acids is 1. The Balaban J connectivity index is 3.83. The first-order chi connectivity index (χ1) is 8.16. The van der Waals surface area contributed by atoms with E-state index >= 15 is 0 Å². The fraction of sp³-hybridized carbons (Fsp3) is 0.818. The van der Waals surface area contributed by atoms with Gasteiger partial charge < -0.3 is 25.7 Å². The number of likely N-dealkylation sites (N-methyl/N-ethyl adjacent to an activating group) is 1. The van der Waals surface area contributed by atoms with Gasteiger partial charge in [0.15, 0.2) is 6.10 Å². The molecule has 0 rings (SSSR count). The minimum atomic E-state index is -1.44. The van der Waals surface area contributed by atoms with Gasteiger partial charge in [-0.1, -0.05) is 0 Å². The van der Waals surface area contributed by atoms with Gasteiger partial charge >= 0.3 is 12.0 Å². The number of hydrogen-bond donors (Lipinski definition) is 4. The maximum atomic E-state index is 11.4. The second-order valence-electron chi connectivity index (χ2n) is 4.96. The van der Waals surface area contributed by atoms with Crippen molar-refractivity contribution in [2.24, 2.45) is 0 Å². The standard InChI is InChI=1S/C11H23N3O4/c1-11(2,14(3)4)7-13-10(18)12-6-5-8(15)9(16)17/h8,15H,5-7H2,1-4H3,(H,16,17)(H2,12,13,18). The smallest absolute Gasteiger partial charge is 0.332 e. The van der Waals surface area contributed by atoms with E-state index in [9.17, 15) is 9.59 Å². The average Bonchev–Trinajstić information content (AvgIpc) is 2.26. The van der Waals surface area contributed by atoms with Gasteiger partial charge in [-0.05, 0) is 27.9 Å². The predicted molar refractivity (Wildman–Crippen MR) is 67.4 cm³/mol. The Hall–Kier alpha value is -1.34.